The molecule has 2 fully saturated rings. The Hall–Kier alpha value is -1.88. The van der Waals surface area contributed by atoms with Gasteiger partial charge in [0.15, 0.2) is 0 Å². The monoisotopic (exact) mass is 287 g/mol. The summed E-state index contributed by atoms with van der Waals surface area (Å²) < 4.78 is 0. The van der Waals surface area contributed by atoms with Crippen LogP contribution in [0.1, 0.15) is 24.8 Å². The summed E-state index contributed by atoms with van der Waals surface area (Å²) in [5, 5.41) is 2.64. The summed E-state index contributed by atoms with van der Waals surface area (Å²) in [7, 11) is 1.60. The van der Waals surface area contributed by atoms with Crippen molar-refractivity contribution in [3.05, 3.63) is 35.9 Å². The van der Waals surface area contributed by atoms with Gasteiger partial charge in [-0.3, -0.25) is 9.59 Å². The molecule has 1 aliphatic carbocycles. The zero-order valence-electron chi connectivity index (χ0n) is 12.2. The molecule has 112 valence electrons. The van der Waals surface area contributed by atoms with Gasteiger partial charge in [0.05, 0.1) is 5.41 Å². The lowest BCUT2D eigenvalue weighted by molar-refractivity contribution is -0.140. The van der Waals surface area contributed by atoms with Crippen LogP contribution in [0.2, 0.25) is 0 Å². The van der Waals surface area contributed by atoms with Crippen LogP contribution in [0, 0.1) is 0 Å². The van der Waals surface area contributed by atoms with Gasteiger partial charge in [0, 0.05) is 19.6 Å². The van der Waals surface area contributed by atoms with Crippen molar-refractivity contribution in [2.45, 2.75) is 36.8 Å². The van der Waals surface area contributed by atoms with Gasteiger partial charge >= 0.3 is 0 Å². The van der Waals surface area contributed by atoms with E-state index in [1.807, 2.05) is 30.3 Å². The van der Waals surface area contributed by atoms with Crippen LogP contribution in [0.5, 0.6) is 0 Å². The van der Waals surface area contributed by atoms with Crippen LogP contribution in [0.3, 0.4) is 0 Å². The lowest BCUT2D eigenvalue weighted by atomic mass is 9.94. The normalized spacial score (nSPS) is 26.5. The van der Waals surface area contributed by atoms with Crippen LogP contribution in [0.25, 0.3) is 0 Å². The number of hydrogen-bond donors (Lipinski definition) is 2. The summed E-state index contributed by atoms with van der Waals surface area (Å²) in [4.78, 5) is 26.7. The first-order valence-corrected chi connectivity index (χ1v) is 7.42. The number of carbonyl (C=O) groups is 2. The number of nitrogens with one attached hydrogen (secondary N) is 1. The summed E-state index contributed by atoms with van der Waals surface area (Å²) in [5.74, 6) is -0.0737. The first-order chi connectivity index (χ1) is 10.1. The third kappa shape index (κ3) is 2.31. The smallest absolute Gasteiger partial charge is 0.242 e. The van der Waals surface area contributed by atoms with E-state index in [9.17, 15) is 9.59 Å². The molecule has 1 aromatic carbocycles. The van der Waals surface area contributed by atoms with Gasteiger partial charge in [0.2, 0.25) is 11.8 Å². The summed E-state index contributed by atoms with van der Waals surface area (Å²) in [6.07, 6.45) is 2.24. The van der Waals surface area contributed by atoms with Crippen molar-refractivity contribution in [1.29, 1.82) is 0 Å². The van der Waals surface area contributed by atoms with E-state index in [2.05, 4.69) is 5.32 Å². The highest BCUT2D eigenvalue weighted by Gasteiger charge is 2.55. The van der Waals surface area contributed by atoms with E-state index in [1.54, 1.807) is 11.9 Å². The van der Waals surface area contributed by atoms with Crippen molar-refractivity contribution in [3.8, 4) is 0 Å². The highest BCUT2D eigenvalue weighted by molar-refractivity contribution is 5.95. The second-order valence-electron chi connectivity index (χ2n) is 6.03. The third-order valence-electron chi connectivity index (χ3n) is 4.63. The molecule has 0 bridgehead atoms. The van der Waals surface area contributed by atoms with Gasteiger partial charge in [-0.2, -0.15) is 0 Å². The van der Waals surface area contributed by atoms with Gasteiger partial charge in [0.25, 0.3) is 0 Å². The first-order valence-electron chi connectivity index (χ1n) is 7.42. The molecule has 2 atom stereocenters. The lowest BCUT2D eigenvalue weighted by Gasteiger charge is -2.28. The first kappa shape index (κ1) is 14.1. The van der Waals surface area contributed by atoms with Gasteiger partial charge in [-0.25, -0.2) is 0 Å². The minimum absolute atomic E-state index is 0.0512. The van der Waals surface area contributed by atoms with E-state index in [1.165, 1.54) is 0 Å². The molecule has 1 saturated carbocycles. The predicted octanol–water partition coefficient (Wildman–Crippen LogP) is 0.392. The van der Waals surface area contributed by atoms with Gasteiger partial charge < -0.3 is 16.0 Å². The predicted molar refractivity (Wildman–Crippen MR) is 79.5 cm³/mol. The molecule has 21 heavy (non-hydrogen) atoms. The van der Waals surface area contributed by atoms with E-state index in [0.29, 0.717) is 13.0 Å². The summed E-state index contributed by atoms with van der Waals surface area (Å²) in [6.45, 7) is 0.464. The van der Waals surface area contributed by atoms with Crippen LogP contribution in [-0.4, -0.2) is 42.4 Å². The number of carbonyl (C=O) groups excluding carboxylic acids is 2. The average molecular weight is 287 g/mol. The number of amides is 2. The van der Waals surface area contributed by atoms with Gasteiger partial charge in [-0.15, -0.1) is 0 Å². The molecule has 5 nitrogen and oxygen atoms in total. The highest BCUT2D eigenvalue weighted by atomic mass is 16.2. The zero-order valence-corrected chi connectivity index (χ0v) is 12.2. The molecule has 1 aliphatic heterocycles. The molecule has 1 saturated heterocycles. The molecule has 2 aliphatic rings. The van der Waals surface area contributed by atoms with Crippen molar-refractivity contribution < 1.29 is 9.59 Å². The van der Waals surface area contributed by atoms with Gasteiger partial charge in [0.1, 0.15) is 6.04 Å². The largest absolute Gasteiger partial charge is 0.357 e. The number of likely N-dealkylation sites (tertiary alicyclic amines) is 1. The quantitative estimate of drug-likeness (QED) is 0.844. The average Bonchev–Trinajstić information content (AvgIpc) is 3.24. The third-order valence-corrected chi connectivity index (χ3v) is 4.63. The molecule has 3 rings (SSSR count). The number of rotatable bonds is 3. The Bertz CT molecular complexity index is 554. The maximum Gasteiger partial charge on any atom is 0.242 e. The van der Waals surface area contributed by atoms with Crippen LogP contribution in [-0.2, 0) is 15.0 Å². The molecule has 0 spiro atoms. The van der Waals surface area contributed by atoms with E-state index < -0.39 is 11.5 Å². The number of hydrogen-bond acceptors (Lipinski definition) is 3. The summed E-state index contributed by atoms with van der Waals surface area (Å²) in [6, 6.07) is 9.29. The van der Waals surface area contributed by atoms with E-state index in [4.69, 9.17) is 5.73 Å². The number of nitrogens with zero attached hydrogens (tertiary/aromatic N) is 1. The van der Waals surface area contributed by atoms with Crippen molar-refractivity contribution in [2.24, 2.45) is 5.73 Å². The fourth-order valence-electron chi connectivity index (χ4n) is 3.29. The van der Waals surface area contributed by atoms with Crippen LogP contribution in [0.4, 0.5) is 0 Å². The number of benzene rings is 1. The molecular weight excluding hydrogens is 266 g/mol. The molecule has 0 radical (unpaired) electrons. The van der Waals surface area contributed by atoms with E-state index in [-0.39, 0.29) is 17.9 Å². The fraction of sp³-hybridized carbons (Fsp3) is 0.500. The maximum atomic E-state index is 13.0. The minimum Gasteiger partial charge on any atom is -0.357 e. The SMILES string of the molecule is CNC(=O)[C@@H]1C[C@@H](N)CN1C(=O)C1(c2ccccc2)CC1. The Morgan fingerprint density at radius 3 is 2.52 bits per heavy atom. The van der Waals surface area contributed by atoms with Crippen LogP contribution in [0.15, 0.2) is 30.3 Å². The Balaban J connectivity index is 1.86. The standard InChI is InChI=1S/C16H21N3O2/c1-18-14(20)13-9-12(17)10-19(13)15(21)16(7-8-16)11-5-3-2-4-6-11/h2-6,12-13H,7-10,17H2,1H3,(H,18,20)/t12-,13+/m1/s1. The van der Waals surface area contributed by atoms with Crippen molar-refractivity contribution in [2.75, 3.05) is 13.6 Å². The Kier molecular flexibility index (Phi) is 3.45. The van der Waals surface area contributed by atoms with E-state index in [0.717, 1.165) is 18.4 Å². The van der Waals surface area contributed by atoms with Crippen LogP contribution < -0.4 is 11.1 Å². The summed E-state index contributed by atoms with van der Waals surface area (Å²) >= 11 is 0. The van der Waals surface area contributed by atoms with E-state index >= 15 is 0 Å². The molecule has 0 unspecified atom stereocenters. The fourth-order valence-corrected chi connectivity index (χ4v) is 3.29. The number of likely N-dealkylation sites (N-methyl/N-ethyl adjacent to an activating group) is 1. The molecule has 3 N–H and O–H groups in total. The summed E-state index contributed by atoms with van der Waals surface area (Å²) in [5.41, 5.74) is 6.59. The zero-order chi connectivity index (χ0) is 15.0. The van der Waals surface area contributed by atoms with Gasteiger partial charge in [-0.05, 0) is 24.8 Å². The second kappa shape index (κ2) is 5.15. The maximum absolute atomic E-state index is 13.0. The Morgan fingerprint density at radius 1 is 1.29 bits per heavy atom. The molecule has 1 aromatic rings. The lowest BCUT2D eigenvalue weighted by Crippen LogP contribution is -2.48. The van der Waals surface area contributed by atoms with Crippen molar-refractivity contribution >= 4 is 11.8 Å². The minimum atomic E-state index is -0.433. The van der Waals surface area contributed by atoms with Crippen LogP contribution >= 0.6 is 0 Å². The van der Waals surface area contributed by atoms with Crippen molar-refractivity contribution in [1.82, 2.24) is 10.2 Å². The highest BCUT2D eigenvalue weighted by Crippen LogP contribution is 2.50. The Morgan fingerprint density at radius 2 is 1.95 bits per heavy atom. The van der Waals surface area contributed by atoms with Gasteiger partial charge in [-0.1, -0.05) is 30.3 Å². The second-order valence-corrected chi connectivity index (χ2v) is 6.03. The molecule has 0 aromatic heterocycles. The van der Waals surface area contributed by atoms with Crippen molar-refractivity contribution in [3.63, 3.8) is 0 Å². The molecule has 2 amide bonds. The molecule has 1 heterocycles. The topological polar surface area (TPSA) is 75.4 Å². The number of nitrogens with two attached hydrogens (primary N) is 1. The molecule has 5 heteroatoms. The Labute approximate surface area is 124 Å². The molecular formula is C16H21N3O2.